The van der Waals surface area contributed by atoms with E-state index >= 15 is 0 Å². The van der Waals surface area contributed by atoms with Gasteiger partial charge in [0.1, 0.15) is 4.21 Å². The molecule has 2 N–H and O–H groups in total. The molecule has 0 bridgehead atoms. The number of nitrogens with one attached hydrogen (secondary N) is 2. The van der Waals surface area contributed by atoms with Crippen LogP contribution in [0.3, 0.4) is 0 Å². The Morgan fingerprint density at radius 1 is 1.15 bits per heavy atom. The highest BCUT2D eigenvalue weighted by atomic mass is 32.2. The van der Waals surface area contributed by atoms with Crippen molar-refractivity contribution in [3.05, 3.63) is 47.3 Å². The quantitative estimate of drug-likeness (QED) is 0.606. The number of thiophene rings is 1. The second kappa shape index (κ2) is 9.70. The Bertz CT molecular complexity index is 804. The molecule has 8 heteroatoms. The fraction of sp³-hybridized carbons (Fsp3) is 0.389. The van der Waals surface area contributed by atoms with Crippen molar-refractivity contribution in [1.82, 2.24) is 10.0 Å². The number of rotatable bonds is 10. The molecule has 0 aliphatic rings. The highest BCUT2D eigenvalue weighted by molar-refractivity contribution is 7.91. The van der Waals surface area contributed by atoms with Gasteiger partial charge in [0.2, 0.25) is 15.9 Å². The lowest BCUT2D eigenvalue weighted by molar-refractivity contribution is -0.119. The Hall–Kier alpha value is -1.90. The summed E-state index contributed by atoms with van der Waals surface area (Å²) in [5.74, 6) is -0.139. The van der Waals surface area contributed by atoms with Gasteiger partial charge in [0.25, 0.3) is 0 Å². The van der Waals surface area contributed by atoms with Crippen molar-refractivity contribution in [1.29, 1.82) is 0 Å². The average Bonchev–Trinajstić information content (AvgIpc) is 3.11. The lowest BCUT2D eigenvalue weighted by Gasteiger charge is -2.23. The Morgan fingerprint density at radius 3 is 2.54 bits per heavy atom. The van der Waals surface area contributed by atoms with E-state index < -0.39 is 10.0 Å². The van der Waals surface area contributed by atoms with E-state index in [4.69, 9.17) is 0 Å². The second-order valence-electron chi connectivity index (χ2n) is 5.80. The maximum atomic E-state index is 12.4. The van der Waals surface area contributed by atoms with Gasteiger partial charge < -0.3 is 10.2 Å². The van der Waals surface area contributed by atoms with Crippen molar-refractivity contribution in [2.75, 3.05) is 24.5 Å². The Morgan fingerprint density at radius 2 is 1.88 bits per heavy atom. The topological polar surface area (TPSA) is 78.5 Å². The molecule has 0 aliphatic heterocycles. The normalized spacial score (nSPS) is 11.3. The average molecular weight is 396 g/mol. The molecule has 0 spiro atoms. The molecule has 1 aromatic heterocycles. The van der Waals surface area contributed by atoms with E-state index in [-0.39, 0.29) is 10.1 Å². The molecule has 0 fully saturated rings. The van der Waals surface area contributed by atoms with Crippen molar-refractivity contribution >= 4 is 33.0 Å². The van der Waals surface area contributed by atoms with E-state index in [2.05, 4.69) is 34.0 Å². The first-order valence-corrected chi connectivity index (χ1v) is 10.8. The summed E-state index contributed by atoms with van der Waals surface area (Å²) in [5, 5.41) is 2.66. The molecule has 0 radical (unpaired) electrons. The van der Waals surface area contributed by atoms with Crippen LogP contribution in [0.2, 0.25) is 0 Å². The number of sulfonamides is 1. The van der Waals surface area contributed by atoms with E-state index in [0.29, 0.717) is 19.5 Å². The van der Waals surface area contributed by atoms with Crippen molar-refractivity contribution in [2.24, 2.45) is 0 Å². The van der Waals surface area contributed by atoms with Gasteiger partial charge >= 0.3 is 0 Å². The minimum atomic E-state index is -3.51. The first-order valence-electron chi connectivity index (χ1n) is 8.55. The van der Waals surface area contributed by atoms with Gasteiger partial charge in [-0.1, -0.05) is 18.2 Å². The molecule has 0 saturated heterocycles. The van der Waals surface area contributed by atoms with Gasteiger partial charge in [-0.3, -0.25) is 4.79 Å². The first kappa shape index (κ1) is 20.4. The van der Waals surface area contributed by atoms with Crippen molar-refractivity contribution in [3.63, 3.8) is 0 Å². The van der Waals surface area contributed by atoms with Crippen LogP contribution in [0.5, 0.6) is 0 Å². The van der Waals surface area contributed by atoms with Gasteiger partial charge in [0, 0.05) is 37.1 Å². The van der Waals surface area contributed by atoms with Crippen LogP contribution in [-0.4, -0.2) is 34.0 Å². The molecule has 142 valence electrons. The SMILES string of the molecule is CCN(CCCNS(=O)(=O)c1ccc(CNC(C)=O)s1)c1ccccc1. The zero-order chi connectivity index (χ0) is 19.0. The molecule has 1 amide bonds. The summed E-state index contributed by atoms with van der Waals surface area (Å²) < 4.78 is 27.7. The molecule has 1 heterocycles. The number of carbonyl (C=O) groups is 1. The predicted octanol–water partition coefficient (Wildman–Crippen LogP) is 2.58. The molecular weight excluding hydrogens is 370 g/mol. The van der Waals surface area contributed by atoms with Crippen LogP contribution in [-0.2, 0) is 21.4 Å². The number of hydrogen-bond donors (Lipinski definition) is 2. The molecule has 0 unspecified atom stereocenters. The first-order chi connectivity index (χ1) is 12.4. The van der Waals surface area contributed by atoms with Gasteiger partial charge in [-0.05, 0) is 37.6 Å². The van der Waals surface area contributed by atoms with Gasteiger partial charge in [-0.15, -0.1) is 11.3 Å². The van der Waals surface area contributed by atoms with Crippen molar-refractivity contribution in [3.8, 4) is 0 Å². The van der Waals surface area contributed by atoms with Crippen molar-refractivity contribution < 1.29 is 13.2 Å². The van der Waals surface area contributed by atoms with Crippen LogP contribution < -0.4 is 14.9 Å². The summed E-state index contributed by atoms with van der Waals surface area (Å²) in [6.07, 6.45) is 0.714. The van der Waals surface area contributed by atoms with Gasteiger partial charge in [-0.2, -0.15) is 0 Å². The summed E-state index contributed by atoms with van der Waals surface area (Å²) in [6, 6.07) is 13.4. The van der Waals surface area contributed by atoms with E-state index in [1.165, 1.54) is 18.3 Å². The number of benzene rings is 1. The zero-order valence-electron chi connectivity index (χ0n) is 15.1. The monoisotopic (exact) mass is 395 g/mol. The number of para-hydroxylation sites is 1. The van der Waals surface area contributed by atoms with Crippen LogP contribution >= 0.6 is 11.3 Å². The maximum Gasteiger partial charge on any atom is 0.250 e. The summed E-state index contributed by atoms with van der Waals surface area (Å²) in [6.45, 7) is 5.89. The number of amides is 1. The van der Waals surface area contributed by atoms with E-state index in [9.17, 15) is 13.2 Å². The molecule has 2 rings (SSSR count). The molecule has 0 saturated carbocycles. The van der Waals surface area contributed by atoms with Crippen molar-refractivity contribution in [2.45, 2.75) is 31.0 Å². The molecule has 0 atom stereocenters. The van der Waals surface area contributed by atoms with Gasteiger partial charge in [-0.25, -0.2) is 13.1 Å². The zero-order valence-corrected chi connectivity index (χ0v) is 16.7. The Balaban J connectivity index is 1.83. The van der Waals surface area contributed by atoms with Gasteiger partial charge in [0.15, 0.2) is 0 Å². The Labute approximate surface area is 159 Å². The molecule has 1 aromatic carbocycles. The third-order valence-corrected chi connectivity index (χ3v) is 6.85. The standard InChI is InChI=1S/C18H25N3O3S2/c1-3-21(16-8-5-4-6-9-16)13-7-12-20-26(23,24)18-11-10-17(25-18)14-19-15(2)22/h4-6,8-11,20H,3,7,12-14H2,1-2H3,(H,19,22). The molecule has 0 aliphatic carbocycles. The van der Waals surface area contributed by atoms with E-state index in [1.54, 1.807) is 12.1 Å². The maximum absolute atomic E-state index is 12.4. The number of nitrogens with zero attached hydrogens (tertiary/aromatic N) is 1. The second-order valence-corrected chi connectivity index (χ2v) is 8.96. The summed E-state index contributed by atoms with van der Waals surface area (Å²) in [5.41, 5.74) is 1.14. The summed E-state index contributed by atoms with van der Waals surface area (Å²) >= 11 is 1.17. The minimum absolute atomic E-state index is 0.139. The minimum Gasteiger partial charge on any atom is -0.372 e. The van der Waals surface area contributed by atoms with E-state index in [1.807, 2.05) is 18.2 Å². The summed E-state index contributed by atoms with van der Waals surface area (Å²) in [4.78, 5) is 14.0. The third-order valence-electron chi connectivity index (χ3n) is 3.81. The lowest BCUT2D eigenvalue weighted by Crippen LogP contribution is -2.29. The fourth-order valence-corrected chi connectivity index (χ4v) is 4.88. The van der Waals surface area contributed by atoms with Crippen LogP contribution in [0.4, 0.5) is 5.69 Å². The summed E-state index contributed by atoms with van der Waals surface area (Å²) in [7, 11) is -3.51. The van der Waals surface area contributed by atoms with Crippen LogP contribution in [0.25, 0.3) is 0 Å². The van der Waals surface area contributed by atoms with E-state index in [0.717, 1.165) is 23.7 Å². The highest BCUT2D eigenvalue weighted by Crippen LogP contribution is 2.21. The molecule has 26 heavy (non-hydrogen) atoms. The molecular formula is C18H25N3O3S2. The number of anilines is 1. The third kappa shape index (κ3) is 6.12. The highest BCUT2D eigenvalue weighted by Gasteiger charge is 2.16. The number of carbonyl (C=O) groups excluding carboxylic acids is 1. The van der Waals surface area contributed by atoms with Crippen LogP contribution in [0.1, 0.15) is 25.1 Å². The molecule has 2 aromatic rings. The van der Waals surface area contributed by atoms with Crippen LogP contribution in [0, 0.1) is 0 Å². The number of hydrogen-bond acceptors (Lipinski definition) is 5. The lowest BCUT2D eigenvalue weighted by atomic mass is 10.2. The fourth-order valence-electron chi connectivity index (χ4n) is 2.47. The predicted molar refractivity (Wildman–Crippen MR) is 106 cm³/mol. The van der Waals surface area contributed by atoms with Crippen LogP contribution in [0.15, 0.2) is 46.7 Å². The van der Waals surface area contributed by atoms with Gasteiger partial charge in [0.05, 0.1) is 6.54 Å². The Kier molecular flexibility index (Phi) is 7.62. The largest absolute Gasteiger partial charge is 0.372 e. The smallest absolute Gasteiger partial charge is 0.250 e. The molecule has 6 nitrogen and oxygen atoms in total.